The van der Waals surface area contributed by atoms with Crippen molar-refractivity contribution in [1.29, 1.82) is 0 Å². The predicted molar refractivity (Wildman–Crippen MR) is 116 cm³/mol. The van der Waals surface area contributed by atoms with Gasteiger partial charge in [-0.05, 0) is 36.4 Å². The smallest absolute Gasteiger partial charge is 0.320 e. The van der Waals surface area contributed by atoms with E-state index in [4.69, 9.17) is 11.6 Å². The van der Waals surface area contributed by atoms with Crippen molar-refractivity contribution in [3.8, 4) is 5.69 Å². The summed E-state index contributed by atoms with van der Waals surface area (Å²) in [6, 6.07) is 16.2. The van der Waals surface area contributed by atoms with Crippen LogP contribution in [0.25, 0.3) is 16.6 Å². The average Bonchev–Trinajstić information content (AvgIpc) is 3.11. The highest BCUT2D eigenvalue weighted by atomic mass is 35.5. The summed E-state index contributed by atoms with van der Waals surface area (Å²) in [7, 11) is 0. The number of H-pyrrole nitrogens is 1. The Kier molecular flexibility index (Phi) is 4.52. The van der Waals surface area contributed by atoms with Gasteiger partial charge in [-0.2, -0.15) is 0 Å². The number of hydrogen-bond donors (Lipinski definition) is 2. The monoisotopic (exact) mass is 419 g/mol. The molecular formula is C22H18ClN5O2. The van der Waals surface area contributed by atoms with Crippen LogP contribution in [0.1, 0.15) is 11.3 Å². The van der Waals surface area contributed by atoms with E-state index in [0.29, 0.717) is 41.1 Å². The number of nitrogens with one attached hydrogen (secondary N) is 2. The van der Waals surface area contributed by atoms with Crippen LogP contribution in [0.5, 0.6) is 0 Å². The fourth-order valence-electron chi connectivity index (χ4n) is 3.73. The summed E-state index contributed by atoms with van der Waals surface area (Å²) in [6.45, 7) is 0.936. The van der Waals surface area contributed by atoms with Gasteiger partial charge in [0.25, 0.3) is 5.56 Å². The highest BCUT2D eigenvalue weighted by Gasteiger charge is 2.25. The number of fused-ring (bicyclic) bond motifs is 3. The van der Waals surface area contributed by atoms with E-state index in [2.05, 4.69) is 15.4 Å². The molecule has 7 nitrogen and oxygen atoms in total. The van der Waals surface area contributed by atoms with Crippen molar-refractivity contribution in [2.75, 3.05) is 11.9 Å². The third-order valence-corrected chi connectivity index (χ3v) is 5.54. The molecule has 1 aliphatic heterocycles. The Bertz CT molecular complexity index is 1300. The first kappa shape index (κ1) is 18.4. The Balaban J connectivity index is 1.50. The second-order valence-corrected chi connectivity index (χ2v) is 7.61. The van der Waals surface area contributed by atoms with Crippen molar-refractivity contribution < 1.29 is 4.79 Å². The molecule has 2 N–H and O–H groups in total. The van der Waals surface area contributed by atoms with Crippen molar-refractivity contribution >= 4 is 34.2 Å². The van der Waals surface area contributed by atoms with E-state index in [-0.39, 0.29) is 11.6 Å². The molecule has 2 aromatic heterocycles. The molecule has 2 amide bonds. The van der Waals surface area contributed by atoms with Crippen LogP contribution in [0, 0.1) is 0 Å². The highest BCUT2D eigenvalue weighted by Crippen LogP contribution is 2.25. The maximum absolute atomic E-state index is 12.9. The number of para-hydroxylation sites is 1. The number of carbonyl (C=O) groups is 1. The molecule has 0 unspecified atom stereocenters. The lowest BCUT2D eigenvalue weighted by Crippen LogP contribution is -2.39. The number of benzene rings is 2. The third-order valence-electron chi connectivity index (χ3n) is 5.29. The summed E-state index contributed by atoms with van der Waals surface area (Å²) >= 11 is 5.97. The maximum Gasteiger partial charge on any atom is 0.322 e. The molecule has 5 rings (SSSR count). The number of hydrogen-bond acceptors (Lipinski definition) is 3. The Morgan fingerprint density at radius 3 is 2.63 bits per heavy atom. The molecule has 0 bridgehead atoms. The molecular weight excluding hydrogens is 402 g/mol. The molecule has 0 saturated carbocycles. The van der Waals surface area contributed by atoms with Crippen LogP contribution in [-0.4, -0.2) is 32.2 Å². The van der Waals surface area contributed by atoms with Gasteiger partial charge < -0.3 is 10.2 Å². The summed E-state index contributed by atoms with van der Waals surface area (Å²) in [5.74, 6) is 0. The first-order chi connectivity index (χ1) is 14.6. The molecule has 0 spiro atoms. The van der Waals surface area contributed by atoms with E-state index in [1.54, 1.807) is 35.4 Å². The lowest BCUT2D eigenvalue weighted by atomic mass is 10.0. The Labute approximate surface area is 176 Å². The number of halogens is 1. The maximum atomic E-state index is 12.9. The summed E-state index contributed by atoms with van der Waals surface area (Å²) in [5.41, 5.74) is 3.71. The molecule has 0 saturated heterocycles. The van der Waals surface area contributed by atoms with Gasteiger partial charge >= 0.3 is 6.03 Å². The van der Waals surface area contributed by atoms with Crippen LogP contribution < -0.4 is 10.9 Å². The number of carbonyl (C=O) groups excluding carboxylic acids is 1. The zero-order chi connectivity index (χ0) is 20.7. The van der Waals surface area contributed by atoms with Gasteiger partial charge in [0.2, 0.25) is 0 Å². The quantitative estimate of drug-likeness (QED) is 0.516. The zero-order valence-electron chi connectivity index (χ0n) is 15.9. The topological polar surface area (TPSA) is 83.0 Å². The molecule has 4 aromatic rings. The number of nitrogens with zero attached hydrogens (tertiary/aromatic N) is 3. The molecule has 0 fully saturated rings. The van der Waals surface area contributed by atoms with Gasteiger partial charge in [0.1, 0.15) is 0 Å². The molecule has 30 heavy (non-hydrogen) atoms. The van der Waals surface area contributed by atoms with E-state index in [1.165, 1.54) is 4.68 Å². The molecule has 0 atom stereocenters. The first-order valence-electron chi connectivity index (χ1n) is 9.58. The van der Waals surface area contributed by atoms with Crippen molar-refractivity contribution in [2.24, 2.45) is 0 Å². The minimum Gasteiger partial charge on any atom is -0.320 e. The summed E-state index contributed by atoms with van der Waals surface area (Å²) in [5, 5.41) is 7.21. The average molecular weight is 420 g/mol. The number of amides is 2. The number of pyridine rings is 1. The van der Waals surface area contributed by atoms with Crippen molar-refractivity contribution in [3.05, 3.63) is 87.4 Å². The summed E-state index contributed by atoms with van der Waals surface area (Å²) < 4.78 is 1.48. The van der Waals surface area contributed by atoms with Crippen LogP contribution in [-0.2, 0) is 13.0 Å². The van der Waals surface area contributed by atoms with Gasteiger partial charge in [0, 0.05) is 41.1 Å². The van der Waals surface area contributed by atoms with Crippen LogP contribution >= 0.6 is 11.6 Å². The van der Waals surface area contributed by atoms with Gasteiger partial charge in [0.15, 0.2) is 0 Å². The van der Waals surface area contributed by atoms with Gasteiger partial charge in [-0.25, -0.2) is 9.48 Å². The lowest BCUT2D eigenvalue weighted by Gasteiger charge is -2.28. The fraction of sp³-hybridized carbons (Fsp3) is 0.136. The number of rotatable bonds is 2. The highest BCUT2D eigenvalue weighted by molar-refractivity contribution is 6.30. The number of anilines is 1. The van der Waals surface area contributed by atoms with Crippen molar-refractivity contribution in [1.82, 2.24) is 19.7 Å². The van der Waals surface area contributed by atoms with E-state index < -0.39 is 0 Å². The number of aromatic nitrogens is 3. The first-order valence-corrected chi connectivity index (χ1v) is 9.96. The molecule has 3 heterocycles. The molecule has 1 aliphatic rings. The lowest BCUT2D eigenvalue weighted by molar-refractivity contribution is 0.206. The summed E-state index contributed by atoms with van der Waals surface area (Å²) in [4.78, 5) is 31.9. The molecule has 2 aromatic carbocycles. The summed E-state index contributed by atoms with van der Waals surface area (Å²) in [6.07, 6.45) is 2.24. The second kappa shape index (κ2) is 7.35. The Morgan fingerprint density at radius 2 is 1.87 bits per heavy atom. The normalized spacial score (nSPS) is 13.3. The SMILES string of the molecule is O=C(Nc1ccccc1)N1CCc2ncc3c(=O)n(-c4ccc(Cl)cc4)[nH]c3c2C1. The largest absolute Gasteiger partial charge is 0.322 e. The third kappa shape index (κ3) is 3.23. The Hall–Kier alpha value is -3.58. The van der Waals surface area contributed by atoms with Gasteiger partial charge in [-0.15, -0.1) is 0 Å². The van der Waals surface area contributed by atoms with Crippen LogP contribution in [0.4, 0.5) is 10.5 Å². The van der Waals surface area contributed by atoms with Crippen molar-refractivity contribution in [2.45, 2.75) is 13.0 Å². The molecule has 0 radical (unpaired) electrons. The minimum absolute atomic E-state index is 0.177. The van der Waals surface area contributed by atoms with Crippen LogP contribution in [0.3, 0.4) is 0 Å². The predicted octanol–water partition coefficient (Wildman–Crippen LogP) is 3.96. The van der Waals surface area contributed by atoms with Gasteiger partial charge in [-0.3, -0.25) is 14.9 Å². The van der Waals surface area contributed by atoms with E-state index in [0.717, 1.165) is 16.9 Å². The zero-order valence-corrected chi connectivity index (χ0v) is 16.7. The van der Waals surface area contributed by atoms with Crippen LogP contribution in [0.2, 0.25) is 5.02 Å². The minimum atomic E-state index is -0.187. The standard InChI is InChI=1S/C22H18ClN5O2/c23-14-6-8-16(9-7-14)28-21(29)17-12-24-19-10-11-27(13-18(19)20(17)26-28)22(30)25-15-4-2-1-3-5-15/h1-9,12,26H,10-11,13H2,(H,25,30). The molecule has 150 valence electrons. The molecule has 0 aliphatic carbocycles. The van der Waals surface area contributed by atoms with Gasteiger partial charge in [0.05, 0.1) is 23.1 Å². The van der Waals surface area contributed by atoms with E-state index in [9.17, 15) is 9.59 Å². The van der Waals surface area contributed by atoms with Crippen LogP contribution in [0.15, 0.2) is 65.6 Å². The fourth-order valence-corrected chi connectivity index (χ4v) is 3.86. The van der Waals surface area contributed by atoms with E-state index >= 15 is 0 Å². The molecule has 8 heteroatoms. The van der Waals surface area contributed by atoms with E-state index in [1.807, 2.05) is 30.3 Å². The second-order valence-electron chi connectivity index (χ2n) is 7.17. The Morgan fingerprint density at radius 1 is 1.10 bits per heavy atom. The number of urea groups is 1. The van der Waals surface area contributed by atoms with Crippen molar-refractivity contribution in [3.63, 3.8) is 0 Å². The number of aromatic amines is 1. The van der Waals surface area contributed by atoms with Gasteiger partial charge in [-0.1, -0.05) is 29.8 Å².